The van der Waals surface area contributed by atoms with Crippen LogP contribution in [-0.2, 0) is 107 Å². The third-order valence-corrected chi connectivity index (χ3v) is 44.7. The van der Waals surface area contributed by atoms with Crippen molar-refractivity contribution in [2.75, 3.05) is 13.4 Å². The van der Waals surface area contributed by atoms with Crippen molar-refractivity contribution in [1.29, 1.82) is 0 Å². The summed E-state index contributed by atoms with van der Waals surface area (Å²) in [4.78, 5) is 51.0. The molecule has 1 N–H and O–H groups in total. The van der Waals surface area contributed by atoms with Gasteiger partial charge in [0.2, 0.25) is 17.3 Å². The predicted molar refractivity (Wildman–Crippen MR) is 539 cm³/mol. The monoisotopic (exact) mass is 2230 g/mol. The van der Waals surface area contributed by atoms with Gasteiger partial charge in [0.05, 0.1) is 55.4 Å². The van der Waals surface area contributed by atoms with Gasteiger partial charge in [-0.3, -0.25) is 14.4 Å². The van der Waals surface area contributed by atoms with E-state index in [1.54, 1.807) is 18.9 Å². The Balaban J connectivity index is 0.000000140. The van der Waals surface area contributed by atoms with Crippen molar-refractivity contribution in [2.45, 2.75) is 228 Å². The molecule has 147 heavy (non-hydrogen) atoms. The molecule has 0 aromatic heterocycles. The standard InChI is InChI=1S/C24H19S2.C19H17OS.C18H15S.C16H21F5NO5S2.C14H17F5NO5S2.C14H20F2NO6S2/c1-4-10-20(11-5-1)25-21-16-18-24(19-17-21)26(22-12-6-2-7-13-22)23-14-8-3-9-15-23;1-20-16-12-14-19(15-13-16)21(17-8-4-2-5-9-17)18-10-6-3-7-11-18;1-4-10-16(11-5-1)19(17-12-6-2-7-13-17)18-14-8-3-9-15-18;1-12-3-10-4-13(2,7-12)9-14(5-10,8-12)6-11(23)15(17,18)28(24,25)22-29(26,27)16(19,20)21;15-13(16,26(22,23)20-27(24,25)14(17,18)19)12(21)6-11-9-2-7-1-8(4-9)5-10(11)3-7;1-24(20,21)17-25(22,23)14(15,16)11(18)7-12-3-9-2-10(4-12)6-13(19,5-9)8-12/h1-19H;2-15H,1H3;1-15H;10H,3-9H2,1-2H3;7-11H,1-6H2;9-10,19H,2-8H2,1H3/q3*+1;3*-1. The number of sulfonamides is 6. The molecule has 22 rings (SSSR count). The third-order valence-electron chi connectivity index (χ3n) is 28.1. The molecule has 12 aliphatic carbocycles. The molecule has 0 saturated heterocycles. The maximum atomic E-state index is 14.3. The van der Waals surface area contributed by atoms with E-state index in [4.69, 9.17) is 4.74 Å². The van der Waals surface area contributed by atoms with E-state index in [2.05, 4.69) is 283 Å². The Morgan fingerprint density at radius 1 is 0.333 bits per heavy atom. The summed E-state index contributed by atoms with van der Waals surface area (Å²) >= 11 is 1.80. The van der Waals surface area contributed by atoms with Crippen molar-refractivity contribution < 1.29 is 127 Å². The number of methoxy groups -OCH3 is 1. The molecule has 0 heterocycles. The van der Waals surface area contributed by atoms with E-state index < -0.39 is 146 Å². The Morgan fingerprint density at radius 2 is 0.612 bits per heavy atom. The lowest BCUT2D eigenvalue weighted by atomic mass is 9.39. The number of carbonyl (C=O) groups excluding carboxylic acids is 3. The van der Waals surface area contributed by atoms with Crippen molar-refractivity contribution in [1.82, 2.24) is 0 Å². The molecule has 4 unspecified atom stereocenters. The second-order valence-corrected chi connectivity index (χ2v) is 57.9. The first-order valence-corrected chi connectivity index (χ1v) is 60.6. The van der Waals surface area contributed by atoms with E-state index in [1.807, 2.05) is 26.0 Å². The molecule has 20 nitrogen and oxygen atoms in total. The number of halogens is 12. The Hall–Kier alpha value is -8.89. The molecule has 10 aromatic rings. The van der Waals surface area contributed by atoms with Gasteiger partial charge >= 0.3 is 26.8 Å². The number of alkyl halides is 12. The number of rotatable bonds is 30. The number of Topliss-reactive ketones (excluding diaryl/α,β-unsaturated/α-hetero) is 3. The molecule has 12 fully saturated rings. The average molecular weight is 2230 g/mol. The summed E-state index contributed by atoms with van der Waals surface area (Å²) in [5.74, 6) is -4.23. The Kier molecular flexibility index (Phi) is 34.7. The van der Waals surface area contributed by atoms with Crippen molar-refractivity contribution >= 4 is 122 Å². The summed E-state index contributed by atoms with van der Waals surface area (Å²) in [6.45, 7) is 3.99. The van der Waals surface area contributed by atoms with Crippen LogP contribution in [0.15, 0.2) is 345 Å². The van der Waals surface area contributed by atoms with Gasteiger partial charge in [-0.05, 0) is 324 Å². The van der Waals surface area contributed by atoms with E-state index in [0.717, 1.165) is 63.5 Å². The van der Waals surface area contributed by atoms with Gasteiger partial charge in [0.25, 0.3) is 0 Å². The highest BCUT2D eigenvalue weighted by Gasteiger charge is 2.65. The minimum Gasteiger partial charge on any atom is -0.497 e. The second-order valence-electron chi connectivity index (χ2n) is 40.2. The highest BCUT2D eigenvalue weighted by molar-refractivity contribution is 8.14. The van der Waals surface area contributed by atoms with Gasteiger partial charge < -0.3 is 22.2 Å². The lowest BCUT2D eigenvalue weighted by Gasteiger charge is -2.65. The van der Waals surface area contributed by atoms with E-state index in [-0.39, 0.29) is 79.5 Å². The highest BCUT2D eigenvalue weighted by Crippen LogP contribution is 2.71. The summed E-state index contributed by atoms with van der Waals surface area (Å²) in [7, 11) is -35.5. The number of ether oxygens (including phenoxy) is 1. The number of nitrogens with zero attached hydrogens (tertiary/aromatic N) is 3. The van der Waals surface area contributed by atoms with Crippen LogP contribution in [0.1, 0.15) is 142 Å². The number of aliphatic hydroxyl groups is 1. The molecule has 12 saturated carbocycles. The summed E-state index contributed by atoms with van der Waals surface area (Å²) in [5, 5.41) is -5.02. The van der Waals surface area contributed by atoms with Crippen molar-refractivity contribution in [3.05, 3.63) is 304 Å². The lowest BCUT2D eigenvalue weighted by Crippen LogP contribution is -2.57. The number of benzene rings is 10. The van der Waals surface area contributed by atoms with Crippen molar-refractivity contribution in [2.24, 2.45) is 69.0 Å². The average Bonchev–Trinajstić information content (AvgIpc) is 0.705. The van der Waals surface area contributed by atoms with Crippen LogP contribution in [0.4, 0.5) is 52.7 Å². The van der Waals surface area contributed by atoms with Crippen LogP contribution in [0.3, 0.4) is 0 Å². The summed E-state index contributed by atoms with van der Waals surface area (Å²) < 4.78 is 304. The van der Waals surface area contributed by atoms with Crippen molar-refractivity contribution in [3.8, 4) is 5.75 Å². The summed E-state index contributed by atoms with van der Waals surface area (Å²) in [6.07, 6.45) is 9.29. The quantitative estimate of drug-likeness (QED) is 0.0323. The fourth-order valence-electron chi connectivity index (χ4n) is 24.3. The van der Waals surface area contributed by atoms with E-state index in [1.165, 1.54) is 62.1 Å². The maximum Gasteiger partial charge on any atom is 0.480 e. The first kappa shape index (κ1) is 114. The Morgan fingerprint density at radius 3 is 0.918 bits per heavy atom. The van der Waals surface area contributed by atoms with Crippen LogP contribution < -0.4 is 4.74 Å². The highest BCUT2D eigenvalue weighted by atomic mass is 32.3. The first-order valence-electron chi connectivity index (χ1n) is 47.1. The zero-order valence-corrected chi connectivity index (χ0v) is 88.1. The SMILES string of the molecule is CC12CC3CC(C)(C1)CC(CC(=O)C(F)(F)S(=O)(=O)[N-]S(=O)(=O)C(F)(F)F)(C3)C2.COc1ccc([S+](c2ccccc2)c2ccccc2)cc1.CS(=O)(=O)[N-]S(=O)(=O)C(F)(F)C(=O)CC12CC3CC(CC(O)(C3)C1)C2.O=C(CC1C2CC3CC(C2)CC1C3)C(F)(F)S(=O)(=O)[N-]S(=O)(=O)C(F)(F)F.c1ccc(Sc2ccc([S+](c3ccccc3)c3ccccc3)cc2)cc1.c1ccc([S+](c2ccccc2)c2ccccc2)cc1. The largest absolute Gasteiger partial charge is 0.497 e. The molecule has 0 aliphatic heterocycles. The lowest BCUT2D eigenvalue weighted by molar-refractivity contribution is -0.172. The normalized spacial score (nSPS) is 25.0. The minimum absolute atomic E-state index is 0.000416. The summed E-state index contributed by atoms with van der Waals surface area (Å²) in [5.41, 5.74) is -15.4. The molecule has 0 radical (unpaired) electrons. The van der Waals surface area contributed by atoms with Crippen LogP contribution in [0.2, 0.25) is 0 Å². The molecule has 10 aromatic carbocycles. The van der Waals surface area contributed by atoms with Gasteiger partial charge in [-0.2, -0.15) is 52.7 Å². The van der Waals surface area contributed by atoms with Gasteiger partial charge in [0.1, 0.15) is 5.75 Å². The van der Waals surface area contributed by atoms with E-state index >= 15 is 0 Å². The topological polar surface area (TPSA) is 328 Å². The van der Waals surface area contributed by atoms with E-state index in [0.29, 0.717) is 63.0 Å². The molecule has 790 valence electrons. The van der Waals surface area contributed by atoms with Crippen LogP contribution in [0.5, 0.6) is 5.75 Å². The third kappa shape index (κ3) is 27.2. The van der Waals surface area contributed by atoms with Crippen LogP contribution in [-0.4, -0.2) is 119 Å². The Bertz CT molecular complexity index is 6780. The molecular weight excluding hydrogens is 2120 g/mol. The van der Waals surface area contributed by atoms with Gasteiger partial charge in [-0.25, -0.2) is 50.5 Å². The van der Waals surface area contributed by atoms with Gasteiger partial charge in [0, 0.05) is 35.3 Å². The summed E-state index contributed by atoms with van der Waals surface area (Å²) in [6, 6.07) is 103. The minimum atomic E-state index is -6.74. The fourth-order valence-corrected chi connectivity index (χ4v) is 37.8. The molecule has 0 amide bonds. The molecular formula is C105H109F12N3O17S10. The van der Waals surface area contributed by atoms with Crippen LogP contribution in [0.25, 0.3) is 12.4 Å². The molecule has 12 bridgehead atoms. The molecule has 4 atom stereocenters. The smallest absolute Gasteiger partial charge is 0.480 e. The van der Waals surface area contributed by atoms with Gasteiger partial charge in [-0.15, -0.1) is 0 Å². The molecule has 0 spiro atoms. The number of ketones is 3. The van der Waals surface area contributed by atoms with Gasteiger partial charge in [-0.1, -0.05) is 171 Å². The maximum absolute atomic E-state index is 14.3. The predicted octanol–water partition coefficient (Wildman–Crippen LogP) is 25.3. The van der Waals surface area contributed by atoms with Crippen LogP contribution >= 0.6 is 11.8 Å². The van der Waals surface area contributed by atoms with Gasteiger partial charge in [0.15, 0.2) is 94.2 Å². The van der Waals surface area contributed by atoms with Crippen molar-refractivity contribution in [3.63, 3.8) is 0 Å². The number of carbonyl (C=O) groups is 3. The zero-order chi connectivity index (χ0) is 107. The molecule has 12 aliphatic rings. The number of hydrogen-bond donors (Lipinski definition) is 1. The molecule has 42 heteroatoms. The first-order chi connectivity index (χ1) is 68.8. The second kappa shape index (κ2) is 44.8. The van der Waals surface area contributed by atoms with Crippen LogP contribution in [0, 0.1) is 69.0 Å². The van der Waals surface area contributed by atoms with E-state index in [9.17, 15) is 123 Å². The number of hydrogen-bond acceptors (Lipinski definition) is 18. The Labute approximate surface area is 862 Å². The fraction of sp³-hybridized carbons (Fsp3) is 0.400. The zero-order valence-electron chi connectivity index (χ0n) is 79.9.